The number of rotatable bonds is 28. The average molecular weight is 1210 g/mol. The van der Waals surface area contributed by atoms with Gasteiger partial charge < -0.3 is 40.2 Å². The molecule has 0 radical (unpaired) electrons. The molecule has 0 fully saturated rings. The number of thiophene rings is 2. The van der Waals surface area contributed by atoms with Crippen molar-refractivity contribution in [1.82, 2.24) is 0 Å². The first-order valence-corrected chi connectivity index (χ1v) is 31.8. The van der Waals surface area contributed by atoms with E-state index in [-0.39, 0.29) is 74.1 Å². The number of benzene rings is 6. The maximum Gasteiger partial charge on any atom is 0.342 e. The zero-order chi connectivity index (χ0) is 61.5. The predicted octanol–water partition coefficient (Wildman–Crippen LogP) is 18.3. The highest BCUT2D eigenvalue weighted by Gasteiger charge is 2.43. The Hall–Kier alpha value is -8.86. The molecule has 1 aliphatic carbocycles. The van der Waals surface area contributed by atoms with E-state index in [1.807, 2.05) is 36.4 Å². The molecule has 16 heteroatoms. The lowest BCUT2D eigenvalue weighted by atomic mass is 9.70. The number of carbonyl (C=O) groups excluding carboxylic acids is 4. The van der Waals surface area contributed by atoms with Gasteiger partial charge in [0.25, 0.3) is 0 Å². The Morgan fingerprint density at radius 1 is 0.425 bits per heavy atom. The molecule has 8 aromatic rings. The van der Waals surface area contributed by atoms with E-state index in [1.165, 1.54) is 35.1 Å². The predicted molar refractivity (Wildman–Crippen MR) is 355 cm³/mol. The molecular weight excluding hydrogens is 1130 g/mol. The number of nitrogen functional groups attached to an aromatic ring is 2. The molecule has 0 spiro atoms. The summed E-state index contributed by atoms with van der Waals surface area (Å²) >= 11 is 2.07. The second-order valence-corrected chi connectivity index (χ2v) is 23.2. The summed E-state index contributed by atoms with van der Waals surface area (Å²) in [5, 5.41) is 0.785. The van der Waals surface area contributed by atoms with Gasteiger partial charge in [0.1, 0.15) is 42.3 Å². The monoisotopic (exact) mass is 1200 g/mol. The van der Waals surface area contributed by atoms with Gasteiger partial charge in [0.15, 0.2) is 0 Å². The van der Waals surface area contributed by atoms with E-state index in [1.54, 1.807) is 40.1 Å². The molecule has 0 saturated heterocycles. The zero-order valence-corrected chi connectivity index (χ0v) is 52.1. The number of ether oxygens (including phenoxy) is 4. The number of unbranched alkanes of at least 4 members (excludes halogenated alkanes) is 6. The zero-order valence-electron chi connectivity index (χ0n) is 50.4. The van der Waals surface area contributed by atoms with Crippen LogP contribution in [0.5, 0.6) is 0 Å². The fraction of sp³-hybridized carbons (Fsp3) is 0.296. The van der Waals surface area contributed by atoms with E-state index < -0.39 is 23.9 Å². The SMILES string of the molecule is CCCCCCC1(CCCCCC)c2cc(N(c3ccccc3)c3ccc(/C=N/c4sc(N)c(C(=O)OCC)c4C(=O)OCC)cc3)ccc2-c2ccc(N(c3ccccc3)c3ccc(/C=N/c4sc(N)c(C(=O)OCC)c4C(=O)OCC)cc3)cc21. The van der Waals surface area contributed by atoms with E-state index in [2.05, 4.69) is 133 Å². The van der Waals surface area contributed by atoms with Gasteiger partial charge in [-0.15, -0.1) is 0 Å². The normalized spacial score (nSPS) is 12.3. The average Bonchev–Trinajstić information content (AvgIpc) is 1.65. The van der Waals surface area contributed by atoms with Crippen LogP contribution in [0.4, 0.5) is 54.1 Å². The lowest BCUT2D eigenvalue weighted by molar-refractivity contribution is 0.0481. The highest BCUT2D eigenvalue weighted by Crippen LogP contribution is 2.57. The number of hydrogen-bond donors (Lipinski definition) is 2. The van der Waals surface area contributed by atoms with Crippen molar-refractivity contribution in [2.24, 2.45) is 9.98 Å². The van der Waals surface area contributed by atoms with Crippen LogP contribution >= 0.6 is 22.7 Å². The third kappa shape index (κ3) is 13.9. The van der Waals surface area contributed by atoms with E-state index >= 15 is 0 Å². The van der Waals surface area contributed by atoms with Crippen LogP contribution < -0.4 is 21.3 Å². The minimum Gasteiger partial charge on any atom is -0.462 e. The van der Waals surface area contributed by atoms with Crippen LogP contribution in [0.3, 0.4) is 0 Å². The first kappa shape index (κ1) is 62.7. The molecule has 450 valence electrons. The summed E-state index contributed by atoms with van der Waals surface area (Å²) in [5.74, 6) is -2.78. The Morgan fingerprint density at radius 2 is 0.759 bits per heavy atom. The van der Waals surface area contributed by atoms with Crippen molar-refractivity contribution in [3.8, 4) is 11.1 Å². The van der Waals surface area contributed by atoms with E-state index in [0.717, 1.165) is 119 Å². The number of esters is 4. The second kappa shape index (κ2) is 29.5. The minimum absolute atomic E-state index is 0.00448. The summed E-state index contributed by atoms with van der Waals surface area (Å²) in [6.45, 7) is 11.8. The van der Waals surface area contributed by atoms with Gasteiger partial charge in [-0.05, 0) is 147 Å². The van der Waals surface area contributed by atoms with Gasteiger partial charge in [0.05, 0.1) is 26.4 Å². The van der Waals surface area contributed by atoms with Crippen molar-refractivity contribution in [1.29, 1.82) is 0 Å². The fourth-order valence-electron chi connectivity index (χ4n) is 11.5. The third-order valence-corrected chi connectivity index (χ3v) is 17.4. The van der Waals surface area contributed by atoms with Gasteiger partial charge in [-0.3, -0.25) is 0 Å². The largest absolute Gasteiger partial charge is 0.462 e. The van der Waals surface area contributed by atoms with Gasteiger partial charge >= 0.3 is 23.9 Å². The van der Waals surface area contributed by atoms with Crippen molar-refractivity contribution in [2.45, 2.75) is 111 Å². The van der Waals surface area contributed by atoms with E-state index in [0.29, 0.717) is 0 Å². The van der Waals surface area contributed by atoms with Crippen LogP contribution in [0, 0.1) is 0 Å². The smallest absolute Gasteiger partial charge is 0.342 e. The quantitative estimate of drug-likeness (QED) is 0.0205. The molecule has 0 atom stereocenters. The third-order valence-electron chi connectivity index (χ3n) is 15.5. The highest BCUT2D eigenvalue weighted by atomic mass is 32.1. The molecule has 2 aromatic heterocycles. The molecule has 0 bridgehead atoms. The lowest BCUT2D eigenvalue weighted by Gasteiger charge is -2.35. The highest BCUT2D eigenvalue weighted by molar-refractivity contribution is 7.20. The molecule has 1 aliphatic rings. The fourth-order valence-corrected chi connectivity index (χ4v) is 13.3. The molecule has 0 amide bonds. The van der Waals surface area contributed by atoms with Gasteiger partial charge in [-0.25, -0.2) is 29.2 Å². The van der Waals surface area contributed by atoms with Crippen LogP contribution in [-0.4, -0.2) is 62.7 Å². The molecular formula is C71H76N6O8S2. The Bertz CT molecular complexity index is 3500. The van der Waals surface area contributed by atoms with Crippen LogP contribution in [-0.2, 0) is 24.4 Å². The van der Waals surface area contributed by atoms with Crippen molar-refractivity contribution in [2.75, 3.05) is 47.7 Å². The summed E-state index contributed by atoms with van der Waals surface area (Å²) in [6.07, 6.45) is 14.4. The minimum atomic E-state index is -0.698. The van der Waals surface area contributed by atoms with Crippen LogP contribution in [0.25, 0.3) is 11.1 Å². The Kier molecular flexibility index (Phi) is 21.2. The standard InChI is InChI=1S/C71H76N6O8S2/c1-7-13-15-23-41-71(42-24-16-14-8-2)57-43-53(76(49-25-19-17-20-26-49)51-33-29-47(30-34-51)45-74-65-61(69(80)84-11-5)59(63(72)86-65)67(78)82-9-3)37-39-55(57)56-40-38-54(44-58(56)71)77(50-27-21-18-22-28-50)52-35-31-48(32-36-52)46-75-66-62(70(81)85-12-6)60(64(73)87-66)68(79)83-10-4/h17-22,25-40,43-46H,7-16,23-24,41-42,72-73H2,1-6H3/b74-45+,75-46+. The number of fused-ring (bicyclic) bond motifs is 3. The molecule has 6 aromatic carbocycles. The molecule has 9 rings (SSSR count). The molecule has 0 aliphatic heterocycles. The van der Waals surface area contributed by atoms with Crippen molar-refractivity contribution in [3.63, 3.8) is 0 Å². The Balaban J connectivity index is 1.11. The summed E-state index contributed by atoms with van der Waals surface area (Å²) in [4.78, 5) is 66.4. The van der Waals surface area contributed by atoms with Crippen LogP contribution in [0.2, 0.25) is 0 Å². The number of nitrogens with zero attached hydrogens (tertiary/aromatic N) is 4. The van der Waals surface area contributed by atoms with Crippen molar-refractivity contribution >= 4 is 113 Å². The maximum absolute atomic E-state index is 13.2. The van der Waals surface area contributed by atoms with Crippen molar-refractivity contribution in [3.05, 3.63) is 190 Å². The van der Waals surface area contributed by atoms with Crippen molar-refractivity contribution < 1.29 is 38.1 Å². The number of aliphatic imine (C=N–C) groups is 2. The van der Waals surface area contributed by atoms with Crippen LogP contribution in [0.15, 0.2) is 156 Å². The molecule has 14 nitrogen and oxygen atoms in total. The molecule has 2 heterocycles. The topological polar surface area (TPSA) is 188 Å². The number of anilines is 8. The number of carbonyl (C=O) groups is 4. The summed E-state index contributed by atoms with van der Waals surface area (Å²) in [5.41, 5.74) is 24.9. The van der Waals surface area contributed by atoms with Gasteiger partial charge in [0.2, 0.25) is 0 Å². The lowest BCUT2D eigenvalue weighted by Crippen LogP contribution is -2.26. The summed E-state index contributed by atoms with van der Waals surface area (Å²) in [6, 6.07) is 51.2. The maximum atomic E-state index is 13.2. The number of para-hydroxylation sites is 2. The van der Waals surface area contributed by atoms with E-state index in [9.17, 15) is 19.2 Å². The molecule has 87 heavy (non-hydrogen) atoms. The second-order valence-electron chi connectivity index (χ2n) is 21.1. The molecule has 4 N–H and O–H groups in total. The van der Waals surface area contributed by atoms with Gasteiger partial charge in [-0.2, -0.15) is 0 Å². The Labute approximate surface area is 518 Å². The first-order chi connectivity index (χ1) is 42.4. The summed E-state index contributed by atoms with van der Waals surface area (Å²) < 4.78 is 21.2. The molecule has 0 saturated carbocycles. The summed E-state index contributed by atoms with van der Waals surface area (Å²) in [7, 11) is 0. The van der Waals surface area contributed by atoms with Crippen LogP contribution in [0.1, 0.15) is 169 Å². The molecule has 0 unspecified atom stereocenters. The van der Waals surface area contributed by atoms with E-state index in [4.69, 9.17) is 40.4 Å². The first-order valence-electron chi connectivity index (χ1n) is 30.2. The number of hydrogen-bond acceptors (Lipinski definition) is 16. The van der Waals surface area contributed by atoms with Gasteiger partial charge in [0, 0.05) is 52.0 Å². The van der Waals surface area contributed by atoms with Gasteiger partial charge in [-0.1, -0.05) is 161 Å². The number of nitrogens with two attached hydrogens (primary N) is 2. The Morgan fingerprint density at radius 3 is 1.10 bits per heavy atom.